The molecule has 3 nitrogen and oxygen atoms in total. The number of carboxylic acid groups (broad SMARTS) is 1. The van der Waals surface area contributed by atoms with E-state index in [1.165, 1.54) is 6.42 Å². The Hall–Kier alpha value is -1.35. The number of hydrogen-bond acceptors (Lipinski definition) is 2. The third kappa shape index (κ3) is 7.70. The lowest BCUT2D eigenvalue weighted by molar-refractivity contribution is 0.0697. The van der Waals surface area contributed by atoms with Crippen molar-refractivity contribution in [2.45, 2.75) is 20.3 Å². The highest BCUT2D eigenvalue weighted by Crippen LogP contribution is 1.96. The van der Waals surface area contributed by atoms with Crippen molar-refractivity contribution in [2.75, 3.05) is 13.1 Å². The van der Waals surface area contributed by atoms with Crippen LogP contribution in [0, 0.1) is 0 Å². The molecule has 1 aromatic rings. The molecule has 0 aromatic heterocycles. The van der Waals surface area contributed by atoms with Crippen LogP contribution in [-0.2, 0) is 0 Å². The van der Waals surface area contributed by atoms with Gasteiger partial charge in [0.05, 0.1) is 5.56 Å². The topological polar surface area (TPSA) is 49.3 Å². The number of carboxylic acids is 1. The van der Waals surface area contributed by atoms with Gasteiger partial charge in [0, 0.05) is 0 Å². The van der Waals surface area contributed by atoms with Crippen molar-refractivity contribution in [2.24, 2.45) is 0 Å². The number of aromatic carboxylic acids is 1. The Bertz CT molecular complexity index is 256. The fourth-order valence-electron chi connectivity index (χ4n) is 0.934. The number of benzene rings is 1. The zero-order chi connectivity index (χ0) is 11.5. The molecule has 1 aromatic carbocycles. The van der Waals surface area contributed by atoms with Crippen LogP contribution in [0.4, 0.5) is 0 Å². The average molecular weight is 209 g/mol. The number of hydrogen-bond donors (Lipinski definition) is 2. The molecular formula is C12H19NO2. The fraction of sp³-hybridized carbons (Fsp3) is 0.417. The van der Waals surface area contributed by atoms with Crippen LogP contribution in [0.1, 0.15) is 30.6 Å². The SMILES string of the molecule is CCCNCC.O=C(O)c1ccccc1. The van der Waals surface area contributed by atoms with Gasteiger partial charge in [0.1, 0.15) is 0 Å². The predicted molar refractivity (Wildman–Crippen MR) is 62.2 cm³/mol. The first-order valence-electron chi connectivity index (χ1n) is 5.21. The normalized spacial score (nSPS) is 8.93. The summed E-state index contributed by atoms with van der Waals surface area (Å²) in [5, 5.41) is 11.6. The summed E-state index contributed by atoms with van der Waals surface area (Å²) in [5.41, 5.74) is 0.331. The molecule has 0 aliphatic carbocycles. The molecule has 2 N–H and O–H groups in total. The Labute approximate surface area is 91.1 Å². The van der Waals surface area contributed by atoms with Gasteiger partial charge in [0.2, 0.25) is 0 Å². The highest BCUT2D eigenvalue weighted by atomic mass is 16.4. The van der Waals surface area contributed by atoms with Crippen LogP contribution >= 0.6 is 0 Å². The highest BCUT2D eigenvalue weighted by molar-refractivity contribution is 5.87. The molecule has 0 aliphatic heterocycles. The van der Waals surface area contributed by atoms with Crippen LogP contribution in [0.5, 0.6) is 0 Å². The Morgan fingerprint density at radius 2 is 1.87 bits per heavy atom. The van der Waals surface area contributed by atoms with E-state index in [1.807, 2.05) is 0 Å². The standard InChI is InChI=1S/C7H6O2.C5H13N/c8-7(9)6-4-2-1-3-5-6;1-3-5-6-4-2/h1-5H,(H,8,9);6H,3-5H2,1-2H3. The molecular weight excluding hydrogens is 190 g/mol. The predicted octanol–water partition coefficient (Wildman–Crippen LogP) is 2.39. The Kier molecular flexibility index (Phi) is 8.39. The van der Waals surface area contributed by atoms with Crippen molar-refractivity contribution in [3.05, 3.63) is 35.9 Å². The summed E-state index contributed by atoms with van der Waals surface area (Å²) >= 11 is 0. The molecule has 0 amide bonds. The molecule has 3 heteroatoms. The molecule has 0 radical (unpaired) electrons. The Morgan fingerprint density at radius 3 is 2.13 bits per heavy atom. The molecule has 15 heavy (non-hydrogen) atoms. The van der Waals surface area contributed by atoms with Gasteiger partial charge in [-0.25, -0.2) is 4.79 Å². The highest BCUT2D eigenvalue weighted by Gasteiger charge is 1.96. The lowest BCUT2D eigenvalue weighted by Crippen LogP contribution is -2.12. The smallest absolute Gasteiger partial charge is 0.335 e. The van der Waals surface area contributed by atoms with Gasteiger partial charge in [-0.15, -0.1) is 0 Å². The van der Waals surface area contributed by atoms with Gasteiger partial charge < -0.3 is 10.4 Å². The van der Waals surface area contributed by atoms with Crippen molar-refractivity contribution in [3.63, 3.8) is 0 Å². The van der Waals surface area contributed by atoms with Gasteiger partial charge >= 0.3 is 5.97 Å². The second-order valence-electron chi connectivity index (χ2n) is 3.02. The minimum Gasteiger partial charge on any atom is -0.478 e. The van der Waals surface area contributed by atoms with E-state index in [-0.39, 0.29) is 0 Å². The van der Waals surface area contributed by atoms with Crippen molar-refractivity contribution in [1.29, 1.82) is 0 Å². The van der Waals surface area contributed by atoms with E-state index in [2.05, 4.69) is 19.2 Å². The summed E-state index contributed by atoms with van der Waals surface area (Å²) in [7, 11) is 0. The summed E-state index contributed by atoms with van der Waals surface area (Å²) in [5.74, 6) is -0.879. The maximum Gasteiger partial charge on any atom is 0.335 e. The molecule has 0 atom stereocenters. The van der Waals surface area contributed by atoms with Crippen LogP contribution in [0.15, 0.2) is 30.3 Å². The van der Waals surface area contributed by atoms with Crippen LogP contribution < -0.4 is 5.32 Å². The van der Waals surface area contributed by atoms with Crippen molar-refractivity contribution in [1.82, 2.24) is 5.32 Å². The second kappa shape index (κ2) is 9.21. The molecule has 0 unspecified atom stereocenters. The minimum atomic E-state index is -0.879. The van der Waals surface area contributed by atoms with Crippen LogP contribution in [0.3, 0.4) is 0 Å². The van der Waals surface area contributed by atoms with Gasteiger partial charge in [-0.3, -0.25) is 0 Å². The summed E-state index contributed by atoms with van der Waals surface area (Å²) in [6, 6.07) is 8.30. The van der Waals surface area contributed by atoms with Crippen molar-refractivity contribution in [3.8, 4) is 0 Å². The van der Waals surface area contributed by atoms with Crippen LogP contribution in [0.2, 0.25) is 0 Å². The van der Waals surface area contributed by atoms with Crippen LogP contribution in [-0.4, -0.2) is 24.2 Å². The monoisotopic (exact) mass is 209 g/mol. The zero-order valence-corrected chi connectivity index (χ0v) is 9.36. The van der Waals surface area contributed by atoms with Gasteiger partial charge in [-0.2, -0.15) is 0 Å². The van der Waals surface area contributed by atoms with Gasteiger partial charge in [-0.05, 0) is 31.6 Å². The van der Waals surface area contributed by atoms with Gasteiger partial charge in [0.15, 0.2) is 0 Å². The summed E-state index contributed by atoms with van der Waals surface area (Å²) < 4.78 is 0. The summed E-state index contributed by atoms with van der Waals surface area (Å²) in [4.78, 5) is 10.2. The van der Waals surface area contributed by atoms with E-state index < -0.39 is 5.97 Å². The first kappa shape index (κ1) is 13.7. The van der Waals surface area contributed by atoms with Gasteiger partial charge in [-0.1, -0.05) is 32.0 Å². The Morgan fingerprint density at radius 1 is 1.27 bits per heavy atom. The minimum absolute atomic E-state index is 0.331. The third-order valence-electron chi connectivity index (χ3n) is 1.70. The van der Waals surface area contributed by atoms with E-state index in [9.17, 15) is 4.79 Å². The second-order valence-corrected chi connectivity index (χ2v) is 3.02. The first-order valence-corrected chi connectivity index (χ1v) is 5.21. The van der Waals surface area contributed by atoms with E-state index in [4.69, 9.17) is 5.11 Å². The molecule has 0 saturated heterocycles. The summed E-state index contributed by atoms with van der Waals surface area (Å²) in [6.07, 6.45) is 1.24. The molecule has 0 aliphatic rings. The molecule has 1 rings (SSSR count). The van der Waals surface area contributed by atoms with E-state index in [1.54, 1.807) is 30.3 Å². The molecule has 0 fully saturated rings. The number of nitrogens with one attached hydrogen (secondary N) is 1. The zero-order valence-electron chi connectivity index (χ0n) is 9.36. The molecule has 0 bridgehead atoms. The summed E-state index contributed by atoms with van der Waals surface area (Å²) in [6.45, 7) is 6.56. The van der Waals surface area contributed by atoms with E-state index in [0.717, 1.165) is 13.1 Å². The Balaban J connectivity index is 0.000000288. The third-order valence-corrected chi connectivity index (χ3v) is 1.70. The lowest BCUT2D eigenvalue weighted by Gasteiger charge is -1.91. The number of carbonyl (C=O) groups is 1. The molecule has 84 valence electrons. The van der Waals surface area contributed by atoms with E-state index >= 15 is 0 Å². The van der Waals surface area contributed by atoms with Gasteiger partial charge in [0.25, 0.3) is 0 Å². The lowest BCUT2D eigenvalue weighted by atomic mass is 10.2. The quantitative estimate of drug-likeness (QED) is 0.748. The van der Waals surface area contributed by atoms with Crippen molar-refractivity contribution < 1.29 is 9.90 Å². The van der Waals surface area contributed by atoms with E-state index in [0.29, 0.717) is 5.56 Å². The molecule has 0 spiro atoms. The maximum absolute atomic E-state index is 10.2. The molecule has 0 heterocycles. The average Bonchev–Trinajstić information content (AvgIpc) is 2.28. The first-order chi connectivity index (χ1) is 7.22. The largest absolute Gasteiger partial charge is 0.478 e. The maximum atomic E-state index is 10.2. The van der Waals surface area contributed by atoms with Crippen LogP contribution in [0.25, 0.3) is 0 Å². The fourth-order valence-corrected chi connectivity index (χ4v) is 0.934. The van der Waals surface area contributed by atoms with Crippen molar-refractivity contribution >= 4 is 5.97 Å². The number of rotatable bonds is 4. The molecule has 0 saturated carbocycles.